The molecule has 3 aromatic carbocycles. The van der Waals surface area contributed by atoms with Gasteiger partial charge in [-0.3, -0.25) is 9.78 Å². The maximum Gasteiger partial charge on any atom is 0.242 e. The number of hydrogen-bond acceptors (Lipinski definition) is 4. The summed E-state index contributed by atoms with van der Waals surface area (Å²) in [5.41, 5.74) is 2.53. The molecular weight excluding hydrogens is 841 g/mol. The van der Waals surface area contributed by atoms with E-state index in [0.29, 0.717) is 15.8 Å². The first-order chi connectivity index (χ1) is 23.0. The smallest absolute Gasteiger partial charge is 0.242 e. The first kappa shape index (κ1) is 41.6. The van der Waals surface area contributed by atoms with E-state index in [0.717, 1.165) is 53.1 Å². The van der Waals surface area contributed by atoms with Crippen molar-refractivity contribution in [2.75, 3.05) is 0 Å². The van der Waals surface area contributed by atoms with Gasteiger partial charge < -0.3 is 5.11 Å². The summed E-state index contributed by atoms with van der Waals surface area (Å²) in [6.07, 6.45) is 5.82. The molecule has 1 N–H and O–H groups in total. The summed E-state index contributed by atoms with van der Waals surface area (Å²) in [5.74, 6) is -1.39. The molecule has 0 saturated heterocycles. The van der Waals surface area contributed by atoms with Gasteiger partial charge in [0.15, 0.2) is 11.6 Å². The summed E-state index contributed by atoms with van der Waals surface area (Å²) in [4.78, 5) is 15.8. The van der Waals surface area contributed by atoms with Crippen molar-refractivity contribution in [2.45, 2.75) is 100 Å². The van der Waals surface area contributed by atoms with E-state index in [-0.39, 0.29) is 48.9 Å². The molecule has 0 saturated carbocycles. The minimum Gasteiger partial charge on any atom is -0.512 e. The Morgan fingerprint density at radius 2 is 1.56 bits per heavy atom. The Labute approximate surface area is 316 Å². The summed E-state index contributed by atoms with van der Waals surface area (Å²) in [6.45, 7) is 21.6. The maximum absolute atomic E-state index is 15.1. The molecule has 1 radical (unpaired) electrons. The SMILES string of the molecule is CC(C)(C)Cc1ccc2c(c1)sc1c(-c3[c-]c4ccccc4c([Si](C)(C)C)c3)nc(F)c(F)c12.CCC(CC)C(=O)/C=C(\O)C(CC)CC.[Ir]. The minimum atomic E-state index is -1.73. The predicted octanol–water partition coefficient (Wildman–Crippen LogP) is 12.3. The molecule has 0 aliphatic heterocycles. The van der Waals surface area contributed by atoms with Crippen molar-refractivity contribution < 1.29 is 38.8 Å². The van der Waals surface area contributed by atoms with Crippen LogP contribution in [0, 0.1) is 35.1 Å². The third-order valence-corrected chi connectivity index (χ3v) is 12.4. The van der Waals surface area contributed by atoms with E-state index in [1.54, 1.807) is 0 Å². The van der Waals surface area contributed by atoms with Crippen LogP contribution < -0.4 is 5.19 Å². The molecule has 3 nitrogen and oxygen atoms in total. The summed E-state index contributed by atoms with van der Waals surface area (Å²) >= 11 is 1.49. The van der Waals surface area contributed by atoms with Gasteiger partial charge in [-0.25, -0.2) is 4.39 Å². The zero-order valence-corrected chi connectivity index (χ0v) is 35.4. The second-order valence-electron chi connectivity index (χ2n) is 15.3. The Morgan fingerprint density at radius 3 is 2.14 bits per heavy atom. The number of ketones is 1. The number of pyridine rings is 1. The van der Waals surface area contributed by atoms with E-state index in [2.05, 4.69) is 69.7 Å². The second kappa shape index (κ2) is 17.2. The van der Waals surface area contributed by atoms with Gasteiger partial charge in [-0.05, 0) is 49.1 Å². The number of aromatic nitrogens is 1. The summed E-state index contributed by atoms with van der Waals surface area (Å²) < 4.78 is 31.6. The number of carbonyl (C=O) groups is 1. The Balaban J connectivity index is 0.000000361. The zero-order valence-electron chi connectivity index (χ0n) is 31.2. The molecule has 0 atom stereocenters. The van der Waals surface area contributed by atoms with Crippen LogP contribution >= 0.6 is 11.3 Å². The molecule has 0 unspecified atom stereocenters. The van der Waals surface area contributed by atoms with Crippen molar-refractivity contribution in [3.8, 4) is 11.3 Å². The van der Waals surface area contributed by atoms with E-state index < -0.39 is 19.8 Å². The molecule has 5 rings (SSSR count). The van der Waals surface area contributed by atoms with E-state index in [9.17, 15) is 14.3 Å². The molecule has 0 aliphatic rings. The van der Waals surface area contributed by atoms with Crippen LogP contribution in [0.5, 0.6) is 0 Å². The van der Waals surface area contributed by atoms with Crippen LogP contribution in [0.4, 0.5) is 8.78 Å². The number of aliphatic hydroxyl groups is 1. The number of benzene rings is 3. The van der Waals surface area contributed by atoms with Gasteiger partial charge in [-0.15, -0.1) is 40.1 Å². The van der Waals surface area contributed by atoms with E-state index in [4.69, 9.17) is 0 Å². The molecule has 0 spiro atoms. The number of halogens is 2. The number of aliphatic hydroxyl groups excluding tert-OH is 1. The first-order valence-electron chi connectivity index (χ1n) is 17.6. The summed E-state index contributed by atoms with van der Waals surface area (Å²) in [5, 5.41) is 14.2. The van der Waals surface area contributed by atoms with Crippen LogP contribution in [0.3, 0.4) is 0 Å². The molecule has 2 aromatic heterocycles. The van der Waals surface area contributed by atoms with Crippen LogP contribution in [0.1, 0.15) is 79.7 Å². The summed E-state index contributed by atoms with van der Waals surface area (Å²) in [7, 11) is -1.73. The average molecular weight is 893 g/mol. The van der Waals surface area contributed by atoms with Crippen molar-refractivity contribution in [1.82, 2.24) is 4.98 Å². The molecule has 0 aliphatic carbocycles. The Bertz CT molecular complexity index is 1980. The molecular formula is C42H52F2IrNO2SSi-. The van der Waals surface area contributed by atoms with Gasteiger partial charge in [-0.1, -0.05) is 109 Å². The number of fused-ring (bicyclic) bond motifs is 4. The molecule has 271 valence electrons. The van der Waals surface area contributed by atoms with Crippen LogP contribution in [-0.2, 0) is 31.3 Å². The summed E-state index contributed by atoms with van der Waals surface area (Å²) in [6, 6.07) is 19.8. The number of carbonyl (C=O) groups excluding carboxylic acids is 1. The fourth-order valence-corrected chi connectivity index (χ4v) is 9.36. The molecule has 0 fully saturated rings. The number of thiophene rings is 1. The van der Waals surface area contributed by atoms with Gasteiger partial charge in [0.25, 0.3) is 0 Å². The van der Waals surface area contributed by atoms with Crippen LogP contribution in [0.2, 0.25) is 19.6 Å². The van der Waals surface area contributed by atoms with Gasteiger partial charge in [0.2, 0.25) is 5.95 Å². The number of rotatable bonds is 10. The van der Waals surface area contributed by atoms with Gasteiger partial charge in [0.1, 0.15) is 0 Å². The third kappa shape index (κ3) is 9.55. The van der Waals surface area contributed by atoms with Crippen LogP contribution in [-0.4, -0.2) is 23.9 Å². The fourth-order valence-electron chi connectivity index (χ4n) is 6.49. The van der Waals surface area contributed by atoms with E-state index in [1.807, 2.05) is 58.0 Å². The Morgan fingerprint density at radius 1 is 0.940 bits per heavy atom. The van der Waals surface area contributed by atoms with Crippen molar-refractivity contribution in [1.29, 1.82) is 0 Å². The predicted molar refractivity (Wildman–Crippen MR) is 209 cm³/mol. The molecule has 5 aromatic rings. The maximum atomic E-state index is 15.1. The molecule has 50 heavy (non-hydrogen) atoms. The zero-order chi connectivity index (χ0) is 36.3. The molecule has 8 heteroatoms. The van der Waals surface area contributed by atoms with Gasteiger partial charge in [-0.2, -0.15) is 4.39 Å². The van der Waals surface area contributed by atoms with Crippen molar-refractivity contribution in [2.24, 2.45) is 17.3 Å². The standard InChI is InChI=1S/C29H28F2NSSi.C13H24O2.Ir/c1-29(2,3)16-17-11-12-21-22(13-17)33-27-24(21)25(30)28(31)32-26(27)19-14-18-9-7-8-10-20(18)23(15-19)34(4,5)6;1-5-10(6-2)12(14)9-13(15)11(7-3)8-4;/h7-13,15H,16H2,1-6H3;9-11,14H,5-8H2,1-4H3;/q-1;;/b;12-9-;. The second-order valence-corrected chi connectivity index (χ2v) is 21.4. The van der Waals surface area contributed by atoms with Gasteiger partial charge in [0, 0.05) is 63.9 Å². The number of hydrogen-bond donors (Lipinski definition) is 1. The van der Waals surface area contributed by atoms with Crippen LogP contribution in [0.15, 0.2) is 60.4 Å². The largest absolute Gasteiger partial charge is 0.512 e. The van der Waals surface area contributed by atoms with Crippen molar-refractivity contribution in [3.05, 3.63) is 83.8 Å². The minimum absolute atomic E-state index is 0. The van der Waals surface area contributed by atoms with Gasteiger partial charge >= 0.3 is 0 Å². The quantitative estimate of drug-likeness (QED) is 0.0500. The fraction of sp³-hybridized carbons (Fsp3) is 0.429. The Hall–Kier alpha value is -2.77. The Kier molecular flexibility index (Phi) is 14.3. The molecule has 2 heterocycles. The van der Waals surface area contributed by atoms with Crippen molar-refractivity contribution >= 4 is 61.3 Å². The number of nitrogens with zero attached hydrogens (tertiary/aromatic N) is 1. The van der Waals surface area contributed by atoms with Gasteiger partial charge in [0.05, 0.1) is 13.8 Å². The van der Waals surface area contributed by atoms with E-state index in [1.165, 1.54) is 33.5 Å². The normalized spacial score (nSPS) is 12.5. The monoisotopic (exact) mass is 893 g/mol. The average Bonchev–Trinajstić information content (AvgIpc) is 3.41. The molecule has 0 bridgehead atoms. The third-order valence-electron chi connectivity index (χ3n) is 9.23. The first-order valence-corrected chi connectivity index (χ1v) is 21.9. The number of allylic oxidation sites excluding steroid dienone is 2. The van der Waals surface area contributed by atoms with E-state index >= 15 is 4.39 Å². The molecule has 0 amide bonds. The van der Waals surface area contributed by atoms with Crippen LogP contribution in [0.25, 0.3) is 42.2 Å². The van der Waals surface area contributed by atoms with Crippen molar-refractivity contribution in [3.63, 3.8) is 0 Å². The topological polar surface area (TPSA) is 50.2 Å².